The molecule has 1 N–H and O–H groups in total. The Kier molecular flexibility index (Phi) is 8.81. The molecule has 1 aliphatic carbocycles. The minimum Gasteiger partial charge on any atom is -0.454 e. The Balaban J connectivity index is 1.63. The van der Waals surface area contributed by atoms with Crippen LogP contribution in [0.25, 0.3) is 0 Å². The summed E-state index contributed by atoms with van der Waals surface area (Å²) in [6.45, 7) is 3.62. The van der Waals surface area contributed by atoms with Crippen LogP contribution in [0.1, 0.15) is 56.6 Å². The predicted octanol–water partition coefficient (Wildman–Crippen LogP) is 3.75. The molecule has 1 atom stereocenters. The summed E-state index contributed by atoms with van der Waals surface area (Å²) in [5.41, 5.74) is 2.18. The van der Waals surface area contributed by atoms with Crippen LogP contribution in [0.2, 0.25) is 0 Å². The maximum absolute atomic E-state index is 13.9. The lowest BCUT2D eigenvalue weighted by molar-refractivity contribution is -0.140. The molecule has 0 spiro atoms. The van der Waals surface area contributed by atoms with Gasteiger partial charge in [-0.15, -0.1) is 0 Å². The first-order valence-corrected chi connectivity index (χ1v) is 15.0. The standard InChI is InChI=1S/C28H37N3O6S/c1-4-24(28(33)29-22-12-6-5-7-13-22)30(17-21-11-9-8-10-20(21)2)27(32)18-31(38(3,34)35)23-14-15-25-26(16-23)37-19-36-25/h8-11,14-16,22,24H,4-7,12-13,17-19H2,1-3H3,(H,29,33)/t24-/m0/s1. The molecule has 10 heteroatoms. The zero-order chi connectivity index (χ0) is 27.3. The van der Waals surface area contributed by atoms with Gasteiger partial charge in [-0.25, -0.2) is 8.42 Å². The number of hydrogen-bond acceptors (Lipinski definition) is 6. The lowest BCUT2D eigenvalue weighted by Gasteiger charge is -2.34. The molecule has 2 aromatic carbocycles. The maximum atomic E-state index is 13.9. The highest BCUT2D eigenvalue weighted by atomic mass is 32.2. The van der Waals surface area contributed by atoms with E-state index in [9.17, 15) is 18.0 Å². The van der Waals surface area contributed by atoms with Crippen LogP contribution in [0.5, 0.6) is 11.5 Å². The molecule has 1 fully saturated rings. The molecule has 0 unspecified atom stereocenters. The van der Waals surface area contributed by atoms with Crippen LogP contribution >= 0.6 is 0 Å². The minimum atomic E-state index is -3.83. The third-order valence-corrected chi connectivity index (χ3v) is 8.40. The summed E-state index contributed by atoms with van der Waals surface area (Å²) in [5, 5.41) is 3.15. The molecule has 0 radical (unpaired) electrons. The molecule has 38 heavy (non-hydrogen) atoms. The third-order valence-electron chi connectivity index (χ3n) is 7.26. The molecule has 0 aromatic heterocycles. The molecule has 1 aliphatic heterocycles. The topological polar surface area (TPSA) is 105 Å². The summed E-state index contributed by atoms with van der Waals surface area (Å²) in [7, 11) is -3.83. The lowest BCUT2D eigenvalue weighted by Crippen LogP contribution is -2.54. The van der Waals surface area contributed by atoms with Crippen molar-refractivity contribution < 1.29 is 27.5 Å². The Hall–Kier alpha value is -3.27. The van der Waals surface area contributed by atoms with Gasteiger partial charge in [-0.3, -0.25) is 13.9 Å². The van der Waals surface area contributed by atoms with E-state index in [0.717, 1.165) is 47.4 Å². The van der Waals surface area contributed by atoms with E-state index < -0.39 is 28.5 Å². The minimum absolute atomic E-state index is 0.0507. The molecular weight excluding hydrogens is 506 g/mol. The fourth-order valence-corrected chi connectivity index (χ4v) is 5.93. The number of nitrogens with one attached hydrogen (secondary N) is 1. The molecule has 206 valence electrons. The van der Waals surface area contributed by atoms with E-state index in [-0.39, 0.29) is 25.3 Å². The molecule has 4 rings (SSSR count). The maximum Gasteiger partial charge on any atom is 0.244 e. The summed E-state index contributed by atoms with van der Waals surface area (Å²) in [5.74, 6) is 0.274. The number of amides is 2. The largest absolute Gasteiger partial charge is 0.454 e. The van der Waals surface area contributed by atoms with Crippen LogP contribution in [-0.2, 0) is 26.2 Å². The monoisotopic (exact) mass is 543 g/mol. The van der Waals surface area contributed by atoms with Crippen LogP contribution in [0.3, 0.4) is 0 Å². The normalized spacial score (nSPS) is 16.1. The summed E-state index contributed by atoms with van der Waals surface area (Å²) in [6.07, 6.45) is 6.64. The molecule has 2 amide bonds. The van der Waals surface area contributed by atoms with Gasteiger partial charge in [0.2, 0.25) is 28.6 Å². The first-order valence-electron chi connectivity index (χ1n) is 13.2. The van der Waals surface area contributed by atoms with Crippen molar-refractivity contribution in [3.63, 3.8) is 0 Å². The summed E-state index contributed by atoms with van der Waals surface area (Å²) in [4.78, 5) is 28.9. The Morgan fingerprint density at radius 3 is 2.45 bits per heavy atom. The zero-order valence-corrected chi connectivity index (χ0v) is 23.1. The number of nitrogens with zero attached hydrogens (tertiary/aromatic N) is 2. The average Bonchev–Trinajstić information content (AvgIpc) is 3.36. The number of benzene rings is 2. The Morgan fingerprint density at radius 2 is 1.76 bits per heavy atom. The van der Waals surface area contributed by atoms with Gasteiger partial charge in [0.15, 0.2) is 11.5 Å². The van der Waals surface area contributed by atoms with Gasteiger partial charge >= 0.3 is 0 Å². The molecule has 1 saturated carbocycles. The highest BCUT2D eigenvalue weighted by Gasteiger charge is 2.33. The molecule has 0 saturated heterocycles. The number of carbonyl (C=O) groups excluding carboxylic acids is 2. The number of hydrogen-bond donors (Lipinski definition) is 1. The van der Waals surface area contributed by atoms with Crippen molar-refractivity contribution in [2.75, 3.05) is 23.9 Å². The summed E-state index contributed by atoms with van der Waals surface area (Å²) < 4.78 is 37.5. The summed E-state index contributed by atoms with van der Waals surface area (Å²) in [6, 6.07) is 11.8. The van der Waals surface area contributed by atoms with Crippen LogP contribution in [0.4, 0.5) is 5.69 Å². The Labute approximate surface area is 225 Å². The molecule has 9 nitrogen and oxygen atoms in total. The lowest BCUT2D eigenvalue weighted by atomic mass is 9.95. The van der Waals surface area contributed by atoms with Crippen molar-refractivity contribution in [1.82, 2.24) is 10.2 Å². The SMILES string of the molecule is CC[C@@H](C(=O)NC1CCCCC1)N(Cc1ccccc1C)C(=O)CN(c1ccc2c(c1)OCO2)S(C)(=O)=O. The van der Waals surface area contributed by atoms with Gasteiger partial charge in [0.05, 0.1) is 11.9 Å². The van der Waals surface area contributed by atoms with Gasteiger partial charge in [0.25, 0.3) is 0 Å². The second-order valence-corrected chi connectivity index (χ2v) is 11.9. The van der Waals surface area contributed by atoms with E-state index in [4.69, 9.17) is 9.47 Å². The van der Waals surface area contributed by atoms with Crippen molar-refractivity contribution in [1.29, 1.82) is 0 Å². The van der Waals surface area contributed by atoms with Crippen molar-refractivity contribution in [2.24, 2.45) is 0 Å². The van der Waals surface area contributed by atoms with Gasteiger partial charge in [0, 0.05) is 18.7 Å². The van der Waals surface area contributed by atoms with Crippen molar-refractivity contribution >= 4 is 27.5 Å². The smallest absolute Gasteiger partial charge is 0.244 e. The highest BCUT2D eigenvalue weighted by molar-refractivity contribution is 7.92. The Bertz CT molecular complexity index is 1260. The number of rotatable bonds is 10. The number of fused-ring (bicyclic) bond motifs is 1. The first-order chi connectivity index (χ1) is 18.2. The number of carbonyl (C=O) groups is 2. The number of sulfonamides is 1. The van der Waals surface area contributed by atoms with Crippen molar-refractivity contribution in [2.45, 2.75) is 71.0 Å². The van der Waals surface area contributed by atoms with Crippen LogP contribution in [0, 0.1) is 6.92 Å². The number of anilines is 1. The van der Waals surface area contributed by atoms with Gasteiger partial charge < -0.3 is 19.7 Å². The van der Waals surface area contributed by atoms with Gasteiger partial charge in [0.1, 0.15) is 12.6 Å². The molecule has 2 aromatic rings. The predicted molar refractivity (Wildman–Crippen MR) is 146 cm³/mol. The van der Waals surface area contributed by atoms with E-state index in [1.54, 1.807) is 18.2 Å². The van der Waals surface area contributed by atoms with E-state index in [1.807, 2.05) is 38.1 Å². The Morgan fingerprint density at radius 1 is 1.05 bits per heavy atom. The third kappa shape index (κ3) is 6.59. The van der Waals surface area contributed by atoms with Crippen molar-refractivity contribution in [3.05, 3.63) is 53.6 Å². The van der Waals surface area contributed by atoms with Crippen molar-refractivity contribution in [3.8, 4) is 11.5 Å². The fraction of sp³-hybridized carbons (Fsp3) is 0.500. The average molecular weight is 544 g/mol. The van der Waals surface area contributed by atoms with Crippen LogP contribution in [0.15, 0.2) is 42.5 Å². The fourth-order valence-electron chi connectivity index (χ4n) is 5.09. The van der Waals surface area contributed by atoms with E-state index in [2.05, 4.69) is 5.32 Å². The van der Waals surface area contributed by atoms with Gasteiger partial charge in [-0.1, -0.05) is 50.5 Å². The first kappa shape index (κ1) is 27.8. The molecular formula is C28H37N3O6S. The second-order valence-electron chi connectivity index (χ2n) is 10.0. The zero-order valence-electron chi connectivity index (χ0n) is 22.3. The van der Waals surface area contributed by atoms with E-state index >= 15 is 0 Å². The van der Waals surface area contributed by atoms with Crippen LogP contribution < -0.4 is 19.1 Å². The molecule has 1 heterocycles. The highest BCUT2D eigenvalue weighted by Crippen LogP contribution is 2.36. The van der Waals surface area contributed by atoms with Crippen LogP contribution in [-0.4, -0.2) is 56.8 Å². The van der Waals surface area contributed by atoms with Gasteiger partial charge in [-0.05, 0) is 49.4 Å². The number of ether oxygens (including phenoxy) is 2. The molecule has 0 bridgehead atoms. The van der Waals surface area contributed by atoms with Gasteiger partial charge in [-0.2, -0.15) is 0 Å². The number of aryl methyl sites for hydroxylation is 1. The molecule has 2 aliphatic rings. The quantitative estimate of drug-likeness (QED) is 0.490. The van der Waals surface area contributed by atoms with E-state index in [1.165, 1.54) is 11.3 Å². The van der Waals surface area contributed by atoms with E-state index in [0.29, 0.717) is 23.6 Å². The second kappa shape index (κ2) is 12.1. The summed E-state index contributed by atoms with van der Waals surface area (Å²) >= 11 is 0.